The van der Waals surface area contributed by atoms with Gasteiger partial charge in [-0.05, 0) is 12.5 Å². The highest BCUT2D eigenvalue weighted by molar-refractivity contribution is 7.99. The third-order valence-electron chi connectivity index (χ3n) is 2.45. The molecule has 2 heterocycles. The van der Waals surface area contributed by atoms with Crippen LogP contribution >= 0.6 is 11.8 Å². The fourth-order valence-electron chi connectivity index (χ4n) is 1.76. The van der Waals surface area contributed by atoms with Crippen molar-refractivity contribution in [2.45, 2.75) is 22.4 Å². The van der Waals surface area contributed by atoms with Crippen molar-refractivity contribution in [3.05, 3.63) is 11.8 Å². The number of aliphatic hydroxyl groups excluding tert-OH is 1. The molecule has 5 nitrogen and oxygen atoms in total. The van der Waals surface area contributed by atoms with Gasteiger partial charge in [0.25, 0.3) is 10.0 Å². The Balaban J connectivity index is 2.64. The lowest BCUT2D eigenvalue weighted by Crippen LogP contribution is -2.18. The summed E-state index contributed by atoms with van der Waals surface area (Å²) >= 11 is 1.54. The van der Waals surface area contributed by atoms with Crippen LogP contribution < -0.4 is 5.14 Å². The maximum Gasteiger partial charge on any atom is 0.253 e. The first-order valence-electron chi connectivity index (χ1n) is 4.44. The monoisotopic (exact) mass is 248 g/mol. The topological polar surface area (TPSA) is 85.3 Å². The summed E-state index contributed by atoms with van der Waals surface area (Å²) in [4.78, 5) is 0.806. The minimum atomic E-state index is -3.71. The SMILES string of the molecule is Cn1c(S(N)(=O)=O)cc2c1C(O)CCS2. The standard InChI is InChI=1S/C8H12N2O3S2/c1-10-7(15(9,12)13)4-6-8(10)5(11)2-3-14-6/h4-5,11H,2-3H2,1H3,(H2,9,12,13). The minimum Gasteiger partial charge on any atom is -0.387 e. The highest BCUT2D eigenvalue weighted by Gasteiger charge is 2.27. The van der Waals surface area contributed by atoms with Crippen molar-refractivity contribution in [1.82, 2.24) is 4.57 Å². The number of hydrogen-bond donors (Lipinski definition) is 2. The molecule has 0 radical (unpaired) electrons. The molecule has 15 heavy (non-hydrogen) atoms. The number of sulfonamides is 1. The summed E-state index contributed by atoms with van der Waals surface area (Å²) in [6.45, 7) is 0. The van der Waals surface area contributed by atoms with Crippen LogP contribution in [0.3, 0.4) is 0 Å². The second-order valence-corrected chi connectivity index (χ2v) is 6.13. The van der Waals surface area contributed by atoms with Gasteiger partial charge in [-0.25, -0.2) is 13.6 Å². The van der Waals surface area contributed by atoms with Crippen LogP contribution in [0.15, 0.2) is 16.0 Å². The Labute approximate surface area is 92.3 Å². The van der Waals surface area contributed by atoms with Crippen LogP contribution in [0.5, 0.6) is 0 Å². The number of aliphatic hydroxyl groups is 1. The fraction of sp³-hybridized carbons (Fsp3) is 0.500. The summed E-state index contributed by atoms with van der Waals surface area (Å²) in [5.74, 6) is 0.794. The Bertz CT molecular complexity index is 492. The van der Waals surface area contributed by atoms with Crippen molar-refractivity contribution in [1.29, 1.82) is 0 Å². The van der Waals surface area contributed by atoms with Crippen LogP contribution in [0.4, 0.5) is 0 Å². The number of aromatic nitrogens is 1. The van der Waals surface area contributed by atoms with E-state index in [1.165, 1.54) is 10.6 Å². The molecule has 1 unspecified atom stereocenters. The third-order valence-corrected chi connectivity index (χ3v) is 4.51. The van der Waals surface area contributed by atoms with Gasteiger partial charge in [0, 0.05) is 17.7 Å². The van der Waals surface area contributed by atoms with Gasteiger partial charge in [0.15, 0.2) is 5.03 Å². The van der Waals surface area contributed by atoms with Gasteiger partial charge in [0.05, 0.1) is 11.8 Å². The molecular weight excluding hydrogens is 236 g/mol. The van der Waals surface area contributed by atoms with Gasteiger partial charge in [0.1, 0.15) is 0 Å². The van der Waals surface area contributed by atoms with Crippen molar-refractivity contribution in [3.8, 4) is 0 Å². The van der Waals surface area contributed by atoms with Gasteiger partial charge in [0.2, 0.25) is 0 Å². The summed E-state index contributed by atoms with van der Waals surface area (Å²) in [6, 6.07) is 1.53. The zero-order chi connectivity index (χ0) is 11.2. The van der Waals surface area contributed by atoms with Gasteiger partial charge in [-0.1, -0.05) is 0 Å². The minimum absolute atomic E-state index is 0.0564. The molecule has 0 saturated carbocycles. The molecule has 0 fully saturated rings. The van der Waals surface area contributed by atoms with Gasteiger partial charge in [-0.15, -0.1) is 11.8 Å². The molecule has 0 aromatic carbocycles. The number of thioether (sulfide) groups is 1. The third kappa shape index (κ3) is 1.80. The van der Waals surface area contributed by atoms with Crippen molar-refractivity contribution >= 4 is 21.8 Å². The Hall–Kier alpha value is -0.500. The van der Waals surface area contributed by atoms with Crippen LogP contribution in [-0.4, -0.2) is 23.8 Å². The molecule has 3 N–H and O–H groups in total. The molecule has 2 rings (SSSR count). The van der Waals surface area contributed by atoms with E-state index in [1.807, 2.05) is 0 Å². The van der Waals surface area contributed by atoms with Crippen LogP contribution in [0.1, 0.15) is 18.2 Å². The Morgan fingerprint density at radius 3 is 2.87 bits per heavy atom. The molecule has 1 aliphatic rings. The Morgan fingerprint density at radius 1 is 1.67 bits per heavy atom. The predicted octanol–water partition coefficient (Wildman–Crippen LogP) is 0.202. The van der Waals surface area contributed by atoms with E-state index in [1.54, 1.807) is 18.8 Å². The number of primary sulfonamides is 1. The number of rotatable bonds is 1. The van der Waals surface area contributed by atoms with Gasteiger partial charge < -0.3 is 9.67 Å². The quantitative estimate of drug-likeness (QED) is 0.743. The summed E-state index contributed by atoms with van der Waals surface area (Å²) < 4.78 is 23.9. The van der Waals surface area contributed by atoms with Crippen LogP contribution in [0.25, 0.3) is 0 Å². The first-order chi connectivity index (χ1) is 6.91. The second kappa shape index (κ2) is 3.51. The summed E-state index contributed by atoms with van der Waals surface area (Å²) in [7, 11) is -2.11. The van der Waals surface area contributed by atoms with Crippen molar-refractivity contribution in [3.63, 3.8) is 0 Å². The first-order valence-corrected chi connectivity index (χ1v) is 6.97. The van der Waals surface area contributed by atoms with E-state index < -0.39 is 16.1 Å². The second-order valence-electron chi connectivity index (χ2n) is 3.49. The average Bonchev–Trinajstić information content (AvgIpc) is 2.44. The smallest absolute Gasteiger partial charge is 0.253 e. The molecular formula is C8H12N2O3S2. The van der Waals surface area contributed by atoms with Crippen molar-refractivity contribution in [2.24, 2.45) is 12.2 Å². The van der Waals surface area contributed by atoms with Crippen LogP contribution in [-0.2, 0) is 17.1 Å². The molecule has 1 aromatic rings. The number of fused-ring (bicyclic) bond motifs is 1. The maximum absolute atomic E-state index is 11.2. The fourth-order valence-corrected chi connectivity index (χ4v) is 3.77. The van der Waals surface area contributed by atoms with Crippen molar-refractivity contribution in [2.75, 3.05) is 5.75 Å². The van der Waals surface area contributed by atoms with E-state index in [9.17, 15) is 13.5 Å². The lowest BCUT2D eigenvalue weighted by atomic mass is 10.2. The molecule has 0 aliphatic carbocycles. The number of nitrogens with two attached hydrogens (primary N) is 1. The zero-order valence-electron chi connectivity index (χ0n) is 8.17. The van der Waals surface area contributed by atoms with E-state index in [-0.39, 0.29) is 5.03 Å². The molecule has 1 atom stereocenters. The van der Waals surface area contributed by atoms with Gasteiger partial charge in [-0.2, -0.15) is 0 Å². The summed E-state index contributed by atoms with van der Waals surface area (Å²) in [6.07, 6.45) is 0.0429. The van der Waals surface area contributed by atoms with Gasteiger partial charge >= 0.3 is 0 Å². The van der Waals surface area contributed by atoms with Crippen molar-refractivity contribution < 1.29 is 13.5 Å². The first kappa shape index (κ1) is 11.0. The molecule has 0 saturated heterocycles. The highest BCUT2D eigenvalue weighted by Crippen LogP contribution is 2.38. The molecule has 0 amide bonds. The van der Waals surface area contributed by atoms with Gasteiger partial charge in [-0.3, -0.25) is 0 Å². The van der Waals surface area contributed by atoms with E-state index in [4.69, 9.17) is 5.14 Å². The Kier molecular flexibility index (Phi) is 2.58. The van der Waals surface area contributed by atoms with Crippen LogP contribution in [0, 0.1) is 0 Å². The molecule has 1 aromatic heterocycles. The van der Waals surface area contributed by atoms with E-state index in [0.717, 1.165) is 10.6 Å². The number of hydrogen-bond acceptors (Lipinski definition) is 4. The van der Waals surface area contributed by atoms with E-state index >= 15 is 0 Å². The number of nitrogens with zero attached hydrogens (tertiary/aromatic N) is 1. The largest absolute Gasteiger partial charge is 0.387 e. The zero-order valence-corrected chi connectivity index (χ0v) is 9.81. The van der Waals surface area contributed by atoms with E-state index in [2.05, 4.69) is 0 Å². The van der Waals surface area contributed by atoms with Crippen LogP contribution in [0.2, 0.25) is 0 Å². The van der Waals surface area contributed by atoms with E-state index in [0.29, 0.717) is 12.1 Å². The normalized spacial score (nSPS) is 21.4. The molecule has 7 heteroatoms. The molecule has 84 valence electrons. The molecule has 0 bridgehead atoms. The maximum atomic E-state index is 11.2. The molecule has 1 aliphatic heterocycles. The highest BCUT2D eigenvalue weighted by atomic mass is 32.2. The summed E-state index contributed by atoms with van der Waals surface area (Å²) in [5.41, 5.74) is 0.648. The predicted molar refractivity (Wildman–Crippen MR) is 57.1 cm³/mol. The summed E-state index contributed by atoms with van der Waals surface area (Å²) in [5, 5.41) is 14.9. The molecule has 0 spiro atoms. The lowest BCUT2D eigenvalue weighted by Gasteiger charge is -2.19. The lowest BCUT2D eigenvalue weighted by molar-refractivity contribution is 0.161. The average molecular weight is 248 g/mol. The Morgan fingerprint density at radius 2 is 2.33 bits per heavy atom.